The molecule has 1 unspecified atom stereocenters. The van der Waals surface area contributed by atoms with Gasteiger partial charge in [-0.2, -0.15) is 0 Å². The summed E-state index contributed by atoms with van der Waals surface area (Å²) in [6.45, 7) is 0.0894. The van der Waals surface area contributed by atoms with Crippen molar-refractivity contribution in [3.63, 3.8) is 0 Å². The number of rotatable bonds is 6. The fourth-order valence-electron chi connectivity index (χ4n) is 1.44. The number of aliphatic hydroxyl groups is 1. The molecule has 94 valence electrons. The van der Waals surface area contributed by atoms with Crippen LogP contribution in [-0.2, 0) is 4.74 Å². The number of para-hydroxylation sites is 1. The molecule has 1 rings (SSSR count). The zero-order chi connectivity index (χ0) is 12.7. The Kier molecular flexibility index (Phi) is 5.45. The van der Waals surface area contributed by atoms with Gasteiger partial charge in [-0.1, -0.05) is 12.1 Å². The van der Waals surface area contributed by atoms with Crippen LogP contribution < -0.4 is 10.1 Å². The van der Waals surface area contributed by atoms with Gasteiger partial charge in [-0.05, 0) is 12.1 Å². The average Bonchev–Trinajstić information content (AvgIpc) is 2.38. The molecule has 0 aromatic heterocycles. The summed E-state index contributed by atoms with van der Waals surface area (Å²) in [5, 5.41) is 11.7. The van der Waals surface area contributed by atoms with Crippen LogP contribution in [0.4, 0.5) is 0 Å². The third-order valence-corrected chi connectivity index (χ3v) is 2.28. The van der Waals surface area contributed by atoms with Crippen molar-refractivity contribution in [1.29, 1.82) is 0 Å². The van der Waals surface area contributed by atoms with Gasteiger partial charge in [0, 0.05) is 7.11 Å². The van der Waals surface area contributed by atoms with Crippen LogP contribution in [0.25, 0.3) is 0 Å². The van der Waals surface area contributed by atoms with Gasteiger partial charge in [-0.3, -0.25) is 4.79 Å². The summed E-state index contributed by atoms with van der Waals surface area (Å²) in [6.07, 6.45) is 0. The fraction of sp³-hybridized carbons (Fsp3) is 0.417. The normalized spacial score (nSPS) is 11.9. The SMILES string of the molecule is COCC(CO)NC(=O)c1ccccc1OC. The third kappa shape index (κ3) is 3.72. The Morgan fingerprint density at radius 2 is 2.12 bits per heavy atom. The van der Waals surface area contributed by atoms with Gasteiger partial charge in [-0.15, -0.1) is 0 Å². The lowest BCUT2D eigenvalue weighted by atomic mass is 10.1. The minimum atomic E-state index is -0.419. The fourth-order valence-corrected chi connectivity index (χ4v) is 1.44. The number of methoxy groups -OCH3 is 2. The molecule has 0 saturated carbocycles. The van der Waals surface area contributed by atoms with Gasteiger partial charge in [0.1, 0.15) is 5.75 Å². The second kappa shape index (κ2) is 6.88. The summed E-state index contributed by atoms with van der Waals surface area (Å²) in [4.78, 5) is 11.9. The predicted molar refractivity (Wildman–Crippen MR) is 63.2 cm³/mol. The van der Waals surface area contributed by atoms with E-state index in [4.69, 9.17) is 14.6 Å². The van der Waals surface area contributed by atoms with Crippen LogP contribution in [0.15, 0.2) is 24.3 Å². The van der Waals surface area contributed by atoms with Crippen LogP contribution in [0.5, 0.6) is 5.75 Å². The highest BCUT2D eigenvalue weighted by Crippen LogP contribution is 2.16. The highest BCUT2D eigenvalue weighted by molar-refractivity contribution is 5.97. The maximum absolute atomic E-state index is 11.9. The van der Waals surface area contributed by atoms with Gasteiger partial charge in [0.25, 0.3) is 5.91 Å². The van der Waals surface area contributed by atoms with Crippen molar-refractivity contribution in [2.24, 2.45) is 0 Å². The second-order valence-corrected chi connectivity index (χ2v) is 3.51. The molecule has 0 aliphatic heterocycles. The average molecular weight is 239 g/mol. The summed E-state index contributed by atoms with van der Waals surface area (Å²) in [6, 6.07) is 6.49. The number of aliphatic hydroxyl groups excluding tert-OH is 1. The van der Waals surface area contributed by atoms with Crippen LogP contribution in [0, 0.1) is 0 Å². The maximum Gasteiger partial charge on any atom is 0.255 e. The summed E-state index contributed by atoms with van der Waals surface area (Å²) in [7, 11) is 3.02. The molecule has 1 amide bonds. The van der Waals surface area contributed by atoms with Gasteiger partial charge in [0.15, 0.2) is 0 Å². The molecule has 5 nitrogen and oxygen atoms in total. The second-order valence-electron chi connectivity index (χ2n) is 3.51. The maximum atomic E-state index is 11.9. The first-order valence-electron chi connectivity index (χ1n) is 5.26. The van der Waals surface area contributed by atoms with Gasteiger partial charge >= 0.3 is 0 Å². The molecule has 1 atom stereocenters. The molecular weight excluding hydrogens is 222 g/mol. The first-order chi connectivity index (χ1) is 8.22. The molecule has 5 heteroatoms. The highest BCUT2D eigenvalue weighted by Gasteiger charge is 2.15. The Morgan fingerprint density at radius 1 is 1.41 bits per heavy atom. The summed E-state index contributed by atoms with van der Waals surface area (Å²) >= 11 is 0. The lowest BCUT2D eigenvalue weighted by Gasteiger charge is -2.16. The summed E-state index contributed by atoms with van der Waals surface area (Å²) in [5.41, 5.74) is 0.435. The number of hydrogen-bond donors (Lipinski definition) is 2. The largest absolute Gasteiger partial charge is 0.496 e. The monoisotopic (exact) mass is 239 g/mol. The molecule has 0 heterocycles. The van der Waals surface area contributed by atoms with E-state index >= 15 is 0 Å². The lowest BCUT2D eigenvalue weighted by Crippen LogP contribution is -2.40. The highest BCUT2D eigenvalue weighted by atomic mass is 16.5. The molecule has 0 bridgehead atoms. The number of benzene rings is 1. The van der Waals surface area contributed by atoms with E-state index in [1.807, 2.05) is 0 Å². The summed E-state index contributed by atoms with van der Waals surface area (Å²) < 4.78 is 9.97. The zero-order valence-corrected chi connectivity index (χ0v) is 9.97. The molecule has 0 saturated heterocycles. The molecule has 0 aliphatic carbocycles. The molecule has 1 aromatic carbocycles. The number of hydrogen-bond acceptors (Lipinski definition) is 4. The van der Waals surface area contributed by atoms with Crippen LogP contribution in [0.2, 0.25) is 0 Å². The van der Waals surface area contributed by atoms with Crippen molar-refractivity contribution in [3.05, 3.63) is 29.8 Å². The molecule has 1 aromatic rings. The smallest absolute Gasteiger partial charge is 0.255 e. The number of amides is 1. The Hall–Kier alpha value is -1.59. The van der Waals surface area contributed by atoms with E-state index in [2.05, 4.69) is 5.32 Å². The Bertz CT molecular complexity index is 367. The van der Waals surface area contributed by atoms with E-state index in [9.17, 15) is 4.79 Å². The Balaban J connectivity index is 2.75. The molecule has 17 heavy (non-hydrogen) atoms. The molecule has 0 fully saturated rings. The van der Waals surface area contributed by atoms with Crippen molar-refractivity contribution in [1.82, 2.24) is 5.32 Å². The van der Waals surface area contributed by atoms with Gasteiger partial charge < -0.3 is 19.9 Å². The van der Waals surface area contributed by atoms with Gasteiger partial charge in [0.05, 0.1) is 31.9 Å². The Morgan fingerprint density at radius 3 is 2.71 bits per heavy atom. The van der Waals surface area contributed by atoms with E-state index < -0.39 is 6.04 Å². The molecular formula is C12H17NO4. The van der Waals surface area contributed by atoms with Crippen molar-refractivity contribution < 1.29 is 19.4 Å². The topological polar surface area (TPSA) is 67.8 Å². The van der Waals surface area contributed by atoms with Crippen molar-refractivity contribution in [3.8, 4) is 5.75 Å². The van der Waals surface area contributed by atoms with E-state index in [0.717, 1.165) is 0 Å². The lowest BCUT2D eigenvalue weighted by molar-refractivity contribution is 0.0837. The Labute approximate surface area is 100 Å². The minimum Gasteiger partial charge on any atom is -0.496 e. The van der Waals surface area contributed by atoms with E-state index in [1.54, 1.807) is 24.3 Å². The quantitative estimate of drug-likeness (QED) is 0.755. The number of nitrogens with one attached hydrogen (secondary N) is 1. The van der Waals surface area contributed by atoms with E-state index in [-0.39, 0.29) is 19.1 Å². The molecule has 2 N–H and O–H groups in total. The van der Waals surface area contributed by atoms with E-state index in [0.29, 0.717) is 11.3 Å². The van der Waals surface area contributed by atoms with Crippen LogP contribution >= 0.6 is 0 Å². The van der Waals surface area contributed by atoms with Crippen molar-refractivity contribution in [2.75, 3.05) is 27.4 Å². The van der Waals surface area contributed by atoms with Crippen molar-refractivity contribution in [2.45, 2.75) is 6.04 Å². The number of carbonyl (C=O) groups is 1. The predicted octanol–water partition coefficient (Wildman–Crippen LogP) is 0.432. The standard InChI is InChI=1S/C12H17NO4/c1-16-8-9(7-14)13-12(15)10-5-3-4-6-11(10)17-2/h3-6,9,14H,7-8H2,1-2H3,(H,13,15). The van der Waals surface area contributed by atoms with E-state index in [1.165, 1.54) is 14.2 Å². The van der Waals surface area contributed by atoms with Crippen LogP contribution in [0.3, 0.4) is 0 Å². The van der Waals surface area contributed by atoms with Crippen molar-refractivity contribution >= 4 is 5.91 Å². The molecule has 0 radical (unpaired) electrons. The summed E-state index contributed by atoms with van der Waals surface area (Å²) in [5.74, 6) is 0.206. The number of ether oxygens (including phenoxy) is 2. The zero-order valence-electron chi connectivity index (χ0n) is 9.97. The first-order valence-corrected chi connectivity index (χ1v) is 5.26. The molecule has 0 spiro atoms. The third-order valence-electron chi connectivity index (χ3n) is 2.28. The van der Waals surface area contributed by atoms with Crippen LogP contribution in [0.1, 0.15) is 10.4 Å². The van der Waals surface area contributed by atoms with Gasteiger partial charge in [-0.25, -0.2) is 0 Å². The molecule has 0 aliphatic rings. The number of carbonyl (C=O) groups excluding carboxylic acids is 1. The van der Waals surface area contributed by atoms with Gasteiger partial charge in [0.2, 0.25) is 0 Å². The van der Waals surface area contributed by atoms with Crippen LogP contribution in [-0.4, -0.2) is 44.5 Å². The minimum absolute atomic E-state index is 0.172. The first kappa shape index (κ1) is 13.5.